The molecule has 0 saturated heterocycles. The molecular weight excluding hydrogens is 566 g/mol. The van der Waals surface area contributed by atoms with Crippen molar-refractivity contribution in [3.05, 3.63) is 104 Å². The van der Waals surface area contributed by atoms with Crippen LogP contribution in [0.15, 0.2) is 66.7 Å². The molecule has 9 heteroatoms. The van der Waals surface area contributed by atoms with Gasteiger partial charge in [-0.2, -0.15) is 0 Å². The van der Waals surface area contributed by atoms with Crippen LogP contribution in [0.2, 0.25) is 15.1 Å². The molecule has 0 unspecified atom stereocenters. The summed E-state index contributed by atoms with van der Waals surface area (Å²) in [5.41, 5.74) is 1.93. The van der Waals surface area contributed by atoms with Crippen LogP contribution in [0.4, 0.5) is 4.39 Å². The Morgan fingerprint density at radius 3 is 2.39 bits per heavy atom. The van der Waals surface area contributed by atoms with Crippen molar-refractivity contribution >= 4 is 58.4 Å². The van der Waals surface area contributed by atoms with Crippen LogP contribution >= 0.6 is 46.6 Å². The summed E-state index contributed by atoms with van der Waals surface area (Å²) in [5, 5.41) is 4.22. The Hall–Kier alpha value is -2.25. The average molecular weight is 596 g/mol. The van der Waals surface area contributed by atoms with Gasteiger partial charge in [-0.05, 0) is 48.7 Å². The molecule has 3 aromatic carbocycles. The van der Waals surface area contributed by atoms with E-state index in [1.54, 1.807) is 35.2 Å². The van der Waals surface area contributed by atoms with Crippen molar-refractivity contribution in [1.29, 1.82) is 0 Å². The highest BCUT2D eigenvalue weighted by molar-refractivity contribution is 7.99. The predicted molar refractivity (Wildman–Crippen MR) is 156 cm³/mol. The van der Waals surface area contributed by atoms with Crippen LogP contribution in [-0.4, -0.2) is 34.6 Å². The van der Waals surface area contributed by atoms with Crippen molar-refractivity contribution in [2.24, 2.45) is 0 Å². The Kier molecular flexibility index (Phi) is 11.8. The summed E-state index contributed by atoms with van der Waals surface area (Å²) in [6, 6.07) is 18.3. The third-order valence-corrected chi connectivity index (χ3v) is 8.05. The number of carbonyl (C=O) groups is 2. The lowest BCUT2D eigenvalue weighted by molar-refractivity contribution is -0.139. The molecule has 0 bridgehead atoms. The molecule has 0 aliphatic rings. The molecule has 4 nitrogen and oxygen atoms in total. The van der Waals surface area contributed by atoms with Gasteiger partial charge in [-0.15, -0.1) is 11.8 Å². The van der Waals surface area contributed by atoms with Crippen LogP contribution < -0.4 is 5.32 Å². The second kappa shape index (κ2) is 14.8. The smallest absolute Gasteiger partial charge is 0.243 e. The van der Waals surface area contributed by atoms with Gasteiger partial charge in [0.1, 0.15) is 11.9 Å². The van der Waals surface area contributed by atoms with E-state index in [2.05, 4.69) is 5.32 Å². The first kappa shape index (κ1) is 30.3. The van der Waals surface area contributed by atoms with Crippen molar-refractivity contribution in [3.63, 3.8) is 0 Å². The second-order valence-corrected chi connectivity index (χ2v) is 11.2. The minimum Gasteiger partial charge on any atom is -0.352 e. The molecule has 0 aliphatic carbocycles. The summed E-state index contributed by atoms with van der Waals surface area (Å²) >= 11 is 20.0. The first-order chi connectivity index (χ1) is 18.2. The normalized spacial score (nSPS) is 12.6. The van der Waals surface area contributed by atoms with Crippen molar-refractivity contribution in [3.8, 4) is 0 Å². The van der Waals surface area contributed by atoms with Crippen molar-refractivity contribution in [2.45, 2.75) is 51.1 Å². The Morgan fingerprint density at radius 2 is 1.74 bits per heavy atom. The van der Waals surface area contributed by atoms with Gasteiger partial charge in [0.05, 0.1) is 5.75 Å². The number of rotatable bonds is 12. The number of nitrogens with one attached hydrogen (secondary N) is 1. The van der Waals surface area contributed by atoms with Gasteiger partial charge in [0.25, 0.3) is 0 Å². The minimum absolute atomic E-state index is 0.0256. The molecule has 1 N–H and O–H groups in total. The third kappa shape index (κ3) is 8.63. The standard InChI is InChI=1S/C29H30Cl3FN2O2S/c1-3-19(2)34-29(37)27(14-20-8-5-4-6-9-20)35(16-21-12-13-22(30)15-25(21)32)28(36)18-38-17-23-24(31)10-7-11-26(23)33/h4-13,15,19,27H,3,14,16-18H2,1-2H3,(H,34,37)/t19-,27+/m1/s1. The molecule has 0 spiro atoms. The second-order valence-electron chi connectivity index (χ2n) is 8.97. The zero-order valence-electron chi connectivity index (χ0n) is 21.2. The van der Waals surface area contributed by atoms with Crippen LogP contribution in [0, 0.1) is 5.82 Å². The van der Waals surface area contributed by atoms with E-state index in [-0.39, 0.29) is 35.9 Å². The zero-order valence-corrected chi connectivity index (χ0v) is 24.3. The highest BCUT2D eigenvalue weighted by atomic mass is 35.5. The van der Waals surface area contributed by atoms with Gasteiger partial charge < -0.3 is 10.2 Å². The molecule has 0 aliphatic heterocycles. The quantitative estimate of drug-likeness (QED) is 0.235. The summed E-state index contributed by atoms with van der Waals surface area (Å²) in [4.78, 5) is 28.8. The van der Waals surface area contributed by atoms with Crippen molar-refractivity contribution in [1.82, 2.24) is 10.2 Å². The van der Waals surface area contributed by atoms with E-state index in [9.17, 15) is 14.0 Å². The molecule has 0 radical (unpaired) electrons. The number of hydrogen-bond donors (Lipinski definition) is 1. The Bertz CT molecular complexity index is 1230. The molecule has 2 amide bonds. The zero-order chi connectivity index (χ0) is 27.7. The molecule has 38 heavy (non-hydrogen) atoms. The fraction of sp³-hybridized carbons (Fsp3) is 0.310. The summed E-state index contributed by atoms with van der Waals surface area (Å²) in [6.07, 6.45) is 1.07. The number of hydrogen-bond acceptors (Lipinski definition) is 3. The van der Waals surface area contributed by atoms with Crippen LogP contribution in [0.3, 0.4) is 0 Å². The third-order valence-electron chi connectivity index (χ3n) is 6.16. The summed E-state index contributed by atoms with van der Waals surface area (Å²) in [6.45, 7) is 4.02. The van der Waals surface area contributed by atoms with Gasteiger partial charge in [-0.1, -0.05) is 84.2 Å². The molecule has 2 atom stereocenters. The van der Waals surface area contributed by atoms with Gasteiger partial charge >= 0.3 is 0 Å². The molecule has 0 saturated carbocycles. The van der Waals surface area contributed by atoms with E-state index in [0.29, 0.717) is 32.6 Å². The molecule has 3 aromatic rings. The summed E-state index contributed by atoms with van der Waals surface area (Å²) < 4.78 is 14.3. The fourth-order valence-corrected chi connectivity index (χ4v) is 5.54. The number of thioether (sulfide) groups is 1. The molecule has 0 aromatic heterocycles. The first-order valence-electron chi connectivity index (χ1n) is 12.3. The maximum atomic E-state index is 14.3. The van der Waals surface area contributed by atoms with E-state index in [1.165, 1.54) is 17.8 Å². The van der Waals surface area contributed by atoms with Crippen molar-refractivity contribution < 1.29 is 14.0 Å². The van der Waals surface area contributed by atoms with E-state index < -0.39 is 11.9 Å². The van der Waals surface area contributed by atoms with Gasteiger partial charge in [-0.3, -0.25) is 9.59 Å². The lowest BCUT2D eigenvalue weighted by atomic mass is 10.0. The number of amides is 2. The van der Waals surface area contributed by atoms with E-state index in [4.69, 9.17) is 34.8 Å². The molecule has 202 valence electrons. The predicted octanol–water partition coefficient (Wildman–Crippen LogP) is 7.57. The van der Waals surface area contributed by atoms with Crippen LogP contribution in [0.1, 0.15) is 37.0 Å². The number of carbonyl (C=O) groups excluding carboxylic acids is 2. The van der Waals surface area contributed by atoms with Gasteiger partial charge in [0, 0.05) is 45.4 Å². The Balaban J connectivity index is 1.91. The average Bonchev–Trinajstić information content (AvgIpc) is 2.89. The minimum atomic E-state index is -0.789. The largest absolute Gasteiger partial charge is 0.352 e. The van der Waals surface area contributed by atoms with Gasteiger partial charge in [0.15, 0.2) is 0 Å². The van der Waals surface area contributed by atoms with Gasteiger partial charge in [-0.25, -0.2) is 4.39 Å². The SMILES string of the molecule is CC[C@@H](C)NC(=O)[C@H](Cc1ccccc1)N(Cc1ccc(Cl)cc1Cl)C(=O)CSCc1c(F)cccc1Cl. The number of benzene rings is 3. The maximum absolute atomic E-state index is 14.3. The topological polar surface area (TPSA) is 49.4 Å². The van der Waals surface area contributed by atoms with Crippen molar-refractivity contribution in [2.75, 3.05) is 5.75 Å². The summed E-state index contributed by atoms with van der Waals surface area (Å²) in [5.74, 6) is -0.692. The van der Waals surface area contributed by atoms with Gasteiger partial charge in [0.2, 0.25) is 11.8 Å². The van der Waals surface area contributed by atoms with Crippen LogP contribution in [0.5, 0.6) is 0 Å². The lowest BCUT2D eigenvalue weighted by Gasteiger charge is -2.32. The van der Waals surface area contributed by atoms with E-state index in [0.717, 1.165) is 12.0 Å². The first-order valence-corrected chi connectivity index (χ1v) is 14.6. The Morgan fingerprint density at radius 1 is 1.00 bits per heavy atom. The molecule has 0 heterocycles. The fourth-order valence-electron chi connectivity index (χ4n) is 3.82. The Labute approximate surface area is 242 Å². The van der Waals surface area contributed by atoms with E-state index in [1.807, 2.05) is 44.2 Å². The van der Waals surface area contributed by atoms with Crippen LogP contribution in [-0.2, 0) is 28.3 Å². The van der Waals surface area contributed by atoms with E-state index >= 15 is 0 Å². The number of halogens is 4. The molecular formula is C29H30Cl3FN2O2S. The highest BCUT2D eigenvalue weighted by Crippen LogP contribution is 2.27. The van der Waals surface area contributed by atoms with Crippen LogP contribution in [0.25, 0.3) is 0 Å². The molecule has 3 rings (SSSR count). The highest BCUT2D eigenvalue weighted by Gasteiger charge is 2.31. The maximum Gasteiger partial charge on any atom is 0.243 e. The molecule has 0 fully saturated rings. The number of nitrogens with zero attached hydrogens (tertiary/aromatic N) is 1. The lowest BCUT2D eigenvalue weighted by Crippen LogP contribution is -2.52. The summed E-state index contributed by atoms with van der Waals surface area (Å²) in [7, 11) is 0. The monoisotopic (exact) mass is 594 g/mol.